The van der Waals surface area contributed by atoms with Crippen LogP contribution >= 0.6 is 0 Å². The van der Waals surface area contributed by atoms with Crippen molar-refractivity contribution < 1.29 is 13.6 Å². The molecule has 1 fully saturated rings. The van der Waals surface area contributed by atoms with Crippen molar-refractivity contribution in [2.24, 2.45) is 11.7 Å². The molecule has 1 aromatic heterocycles. The number of rotatable bonds is 3. The van der Waals surface area contributed by atoms with E-state index >= 15 is 0 Å². The second-order valence-corrected chi connectivity index (χ2v) is 5.55. The number of nitrogens with two attached hydrogens (primary N) is 1. The first-order valence-corrected chi connectivity index (χ1v) is 7.22. The Kier molecular flexibility index (Phi) is 3.87. The highest BCUT2D eigenvalue weighted by Crippen LogP contribution is 2.29. The van der Waals surface area contributed by atoms with Gasteiger partial charge in [-0.25, -0.2) is 18.7 Å². The van der Waals surface area contributed by atoms with Crippen LogP contribution in [0.25, 0.3) is 10.9 Å². The van der Waals surface area contributed by atoms with Crippen LogP contribution in [-0.4, -0.2) is 21.9 Å². The number of hydrogen-bond acceptors (Lipinski definition) is 4. The van der Waals surface area contributed by atoms with Crippen LogP contribution < -0.4 is 11.1 Å². The zero-order chi connectivity index (χ0) is 15.7. The predicted octanol–water partition coefficient (Wildman–Crippen LogP) is 2.36. The quantitative estimate of drug-likeness (QED) is 0.912. The van der Waals surface area contributed by atoms with Crippen molar-refractivity contribution >= 4 is 22.6 Å². The average Bonchev–Trinajstić information content (AvgIpc) is 2.49. The third-order valence-corrected chi connectivity index (χ3v) is 4.13. The zero-order valence-corrected chi connectivity index (χ0v) is 11.9. The summed E-state index contributed by atoms with van der Waals surface area (Å²) in [4.78, 5) is 19.6. The van der Waals surface area contributed by atoms with E-state index in [1.165, 1.54) is 6.33 Å². The molecule has 0 unspecified atom stereocenters. The van der Waals surface area contributed by atoms with Crippen molar-refractivity contribution in [3.8, 4) is 0 Å². The lowest BCUT2D eigenvalue weighted by atomic mass is 9.84. The van der Waals surface area contributed by atoms with Gasteiger partial charge in [0.2, 0.25) is 5.91 Å². The molecule has 0 aliphatic heterocycles. The molecule has 0 bridgehead atoms. The maximum Gasteiger partial charge on any atom is 0.222 e. The largest absolute Gasteiger partial charge is 0.369 e. The molecule has 1 amide bonds. The van der Waals surface area contributed by atoms with Crippen LogP contribution in [0.4, 0.5) is 14.6 Å². The van der Waals surface area contributed by atoms with E-state index in [0.717, 1.165) is 37.8 Å². The van der Waals surface area contributed by atoms with E-state index in [1.54, 1.807) is 0 Å². The Bertz CT molecular complexity index is 722. The number of benzene rings is 1. The number of carbonyl (C=O) groups excluding carboxylic acids is 1. The second-order valence-electron chi connectivity index (χ2n) is 5.55. The first-order chi connectivity index (χ1) is 10.6. The van der Waals surface area contributed by atoms with Crippen LogP contribution in [0.3, 0.4) is 0 Å². The lowest BCUT2D eigenvalue weighted by Gasteiger charge is -2.30. The third-order valence-electron chi connectivity index (χ3n) is 4.13. The summed E-state index contributed by atoms with van der Waals surface area (Å²) in [5.74, 6) is -2.16. The summed E-state index contributed by atoms with van der Waals surface area (Å²) in [7, 11) is 0. The molecule has 1 aliphatic rings. The molecule has 0 radical (unpaired) electrons. The highest BCUT2D eigenvalue weighted by Gasteiger charge is 2.30. The van der Waals surface area contributed by atoms with Crippen LogP contribution in [0.1, 0.15) is 25.7 Å². The van der Waals surface area contributed by atoms with Gasteiger partial charge in [0.25, 0.3) is 0 Å². The van der Waals surface area contributed by atoms with Crippen molar-refractivity contribution in [2.45, 2.75) is 31.7 Å². The van der Waals surface area contributed by atoms with Crippen molar-refractivity contribution in [1.82, 2.24) is 9.97 Å². The molecule has 3 N–H and O–H groups in total. The Morgan fingerprint density at radius 2 is 1.91 bits per heavy atom. The Hall–Kier alpha value is -2.31. The number of amides is 1. The smallest absolute Gasteiger partial charge is 0.222 e. The molecule has 1 heterocycles. The van der Waals surface area contributed by atoms with Gasteiger partial charge in [-0.05, 0) is 18.9 Å². The average molecular weight is 306 g/mol. The molecule has 0 spiro atoms. The third kappa shape index (κ3) is 2.70. The summed E-state index contributed by atoms with van der Waals surface area (Å²) in [5.41, 5.74) is 5.75. The van der Waals surface area contributed by atoms with Gasteiger partial charge in [-0.2, -0.15) is 0 Å². The molecule has 22 heavy (non-hydrogen) atoms. The summed E-state index contributed by atoms with van der Waals surface area (Å²) >= 11 is 0. The fraction of sp³-hybridized carbons (Fsp3) is 0.400. The minimum atomic E-state index is -0.958. The van der Waals surface area contributed by atoms with Crippen LogP contribution in [-0.2, 0) is 4.79 Å². The van der Waals surface area contributed by atoms with Gasteiger partial charge in [-0.1, -0.05) is 12.8 Å². The standard InChI is InChI=1S/C15H16F2N4O/c16-10-5-9-13(6-11(10)17)19-7-20-15(9)21-12-4-2-1-3-8(12)14(18)22/h5-8,12H,1-4H2,(H2,18,22)(H,19,20,21)/t8-,12-/m1/s1. The number of anilines is 1. The number of fused-ring (bicyclic) bond motifs is 1. The zero-order valence-electron chi connectivity index (χ0n) is 11.9. The molecule has 1 saturated carbocycles. The molecule has 1 aromatic carbocycles. The molecule has 116 valence electrons. The Morgan fingerprint density at radius 3 is 2.68 bits per heavy atom. The Morgan fingerprint density at radius 1 is 1.18 bits per heavy atom. The van der Waals surface area contributed by atoms with E-state index in [-0.39, 0.29) is 17.9 Å². The maximum atomic E-state index is 13.5. The van der Waals surface area contributed by atoms with E-state index in [2.05, 4.69) is 15.3 Å². The lowest BCUT2D eigenvalue weighted by Crippen LogP contribution is -2.40. The molecule has 5 nitrogen and oxygen atoms in total. The number of carbonyl (C=O) groups is 1. The summed E-state index contributed by atoms with van der Waals surface area (Å²) in [6.07, 6.45) is 4.72. The molecular weight excluding hydrogens is 290 g/mol. The minimum Gasteiger partial charge on any atom is -0.369 e. The SMILES string of the molecule is NC(=O)[C@@H]1CCCC[C@H]1Nc1ncnc2cc(F)c(F)cc12. The number of nitrogens with one attached hydrogen (secondary N) is 1. The number of halogens is 2. The van der Waals surface area contributed by atoms with E-state index in [4.69, 9.17) is 5.73 Å². The number of hydrogen-bond donors (Lipinski definition) is 2. The normalized spacial score (nSPS) is 21.7. The highest BCUT2D eigenvalue weighted by atomic mass is 19.2. The predicted molar refractivity (Wildman–Crippen MR) is 78.0 cm³/mol. The van der Waals surface area contributed by atoms with Crippen molar-refractivity contribution in [3.63, 3.8) is 0 Å². The van der Waals surface area contributed by atoms with Crippen molar-refractivity contribution in [2.75, 3.05) is 5.32 Å². The summed E-state index contributed by atoms with van der Waals surface area (Å²) in [6.45, 7) is 0. The molecule has 1 aliphatic carbocycles. The van der Waals surface area contributed by atoms with Crippen LogP contribution in [0.15, 0.2) is 18.5 Å². The van der Waals surface area contributed by atoms with Crippen molar-refractivity contribution in [3.05, 3.63) is 30.1 Å². The van der Waals surface area contributed by atoms with Gasteiger partial charge in [0.05, 0.1) is 11.4 Å². The van der Waals surface area contributed by atoms with E-state index < -0.39 is 11.6 Å². The first-order valence-electron chi connectivity index (χ1n) is 7.22. The maximum absolute atomic E-state index is 13.5. The molecule has 2 aromatic rings. The molecule has 7 heteroatoms. The Labute approximate surface area is 125 Å². The van der Waals surface area contributed by atoms with Crippen molar-refractivity contribution in [1.29, 1.82) is 0 Å². The first kappa shape index (κ1) is 14.6. The summed E-state index contributed by atoms with van der Waals surface area (Å²) < 4.78 is 26.8. The Balaban J connectivity index is 1.96. The minimum absolute atomic E-state index is 0.155. The second kappa shape index (κ2) is 5.82. The fourth-order valence-corrected chi connectivity index (χ4v) is 2.99. The molecular formula is C15H16F2N4O. The van der Waals surface area contributed by atoms with Crippen LogP contribution in [0, 0.1) is 17.6 Å². The number of nitrogens with zero attached hydrogens (tertiary/aromatic N) is 2. The summed E-state index contributed by atoms with van der Waals surface area (Å²) in [6, 6.07) is 1.94. The van der Waals surface area contributed by atoms with Crippen LogP contribution in [0.2, 0.25) is 0 Å². The number of aromatic nitrogens is 2. The topological polar surface area (TPSA) is 80.9 Å². The molecule has 3 rings (SSSR count). The highest BCUT2D eigenvalue weighted by molar-refractivity contribution is 5.89. The van der Waals surface area contributed by atoms with E-state index in [0.29, 0.717) is 16.7 Å². The number of primary amides is 1. The van der Waals surface area contributed by atoms with Gasteiger partial charge in [-0.3, -0.25) is 4.79 Å². The molecule has 0 saturated heterocycles. The van der Waals surface area contributed by atoms with E-state index in [9.17, 15) is 13.6 Å². The van der Waals surface area contributed by atoms with Gasteiger partial charge in [0.15, 0.2) is 11.6 Å². The monoisotopic (exact) mass is 306 g/mol. The van der Waals surface area contributed by atoms with Gasteiger partial charge < -0.3 is 11.1 Å². The molecule has 2 atom stereocenters. The van der Waals surface area contributed by atoms with E-state index in [1.807, 2.05) is 0 Å². The fourth-order valence-electron chi connectivity index (χ4n) is 2.99. The van der Waals surface area contributed by atoms with Gasteiger partial charge >= 0.3 is 0 Å². The van der Waals surface area contributed by atoms with Gasteiger partial charge in [0.1, 0.15) is 12.1 Å². The van der Waals surface area contributed by atoms with Gasteiger partial charge in [0, 0.05) is 17.5 Å². The lowest BCUT2D eigenvalue weighted by molar-refractivity contribution is -0.122. The summed E-state index contributed by atoms with van der Waals surface area (Å²) in [5, 5.41) is 3.55. The van der Waals surface area contributed by atoms with Gasteiger partial charge in [-0.15, -0.1) is 0 Å². The van der Waals surface area contributed by atoms with Crippen LogP contribution in [0.5, 0.6) is 0 Å².